The van der Waals surface area contributed by atoms with Crippen molar-refractivity contribution in [2.75, 3.05) is 4.72 Å². The largest absolute Gasteiger partial charge is 0.389 e. The quantitative estimate of drug-likeness (QED) is 0.821. The predicted molar refractivity (Wildman–Crippen MR) is 90.0 cm³/mol. The Hall–Kier alpha value is -1.63. The van der Waals surface area contributed by atoms with E-state index in [1.165, 1.54) is 0 Å². The van der Waals surface area contributed by atoms with Gasteiger partial charge in [0.25, 0.3) is 0 Å². The summed E-state index contributed by atoms with van der Waals surface area (Å²) in [5.41, 5.74) is 7.27. The third-order valence-electron chi connectivity index (χ3n) is 2.69. The third kappa shape index (κ3) is 4.70. The van der Waals surface area contributed by atoms with Crippen LogP contribution in [0.2, 0.25) is 5.02 Å². The standard InChI is InChI=1S/C14H13ClN2O2S2/c15-12-2-1-3-13(8-12)17-21(18,19)9-10-4-6-11(7-5-10)14(16)20/h1-8,17H,9H2,(H2,16,20). The first kappa shape index (κ1) is 15.8. The Morgan fingerprint density at radius 3 is 2.43 bits per heavy atom. The van der Waals surface area contributed by atoms with Crippen molar-refractivity contribution in [3.8, 4) is 0 Å². The second-order valence-electron chi connectivity index (χ2n) is 4.43. The van der Waals surface area contributed by atoms with Crippen LogP contribution in [0.25, 0.3) is 0 Å². The number of hydrogen-bond donors (Lipinski definition) is 2. The molecule has 0 aromatic heterocycles. The molecule has 0 spiro atoms. The molecule has 0 bridgehead atoms. The van der Waals surface area contributed by atoms with Crippen LogP contribution in [0.4, 0.5) is 5.69 Å². The lowest BCUT2D eigenvalue weighted by Gasteiger charge is -2.09. The number of thiocarbonyl (C=S) groups is 1. The van der Waals surface area contributed by atoms with Crippen LogP contribution in [0.15, 0.2) is 48.5 Å². The lowest BCUT2D eigenvalue weighted by molar-refractivity contribution is 0.600. The number of halogens is 1. The van der Waals surface area contributed by atoms with Crippen LogP contribution >= 0.6 is 23.8 Å². The van der Waals surface area contributed by atoms with E-state index in [0.717, 1.165) is 0 Å². The lowest BCUT2D eigenvalue weighted by Crippen LogP contribution is -2.15. The van der Waals surface area contributed by atoms with E-state index in [4.69, 9.17) is 29.6 Å². The molecule has 0 heterocycles. The molecule has 2 rings (SSSR count). The van der Waals surface area contributed by atoms with Gasteiger partial charge in [-0.25, -0.2) is 8.42 Å². The lowest BCUT2D eigenvalue weighted by atomic mass is 10.1. The highest BCUT2D eigenvalue weighted by Gasteiger charge is 2.12. The van der Waals surface area contributed by atoms with E-state index in [-0.39, 0.29) is 10.7 Å². The van der Waals surface area contributed by atoms with E-state index in [1.54, 1.807) is 48.5 Å². The molecule has 4 nitrogen and oxygen atoms in total. The van der Waals surface area contributed by atoms with Crippen LogP contribution in [0.5, 0.6) is 0 Å². The Bertz CT molecular complexity index is 759. The Labute approximate surface area is 134 Å². The maximum absolute atomic E-state index is 12.1. The molecule has 2 aromatic carbocycles. The third-order valence-corrected chi connectivity index (χ3v) is 4.42. The van der Waals surface area contributed by atoms with Gasteiger partial charge in [-0.1, -0.05) is 54.2 Å². The summed E-state index contributed by atoms with van der Waals surface area (Å²) in [5, 5.41) is 0.469. The van der Waals surface area contributed by atoms with Crippen LogP contribution in [0.1, 0.15) is 11.1 Å². The number of anilines is 1. The summed E-state index contributed by atoms with van der Waals surface area (Å²) in [6, 6.07) is 13.3. The summed E-state index contributed by atoms with van der Waals surface area (Å²) in [7, 11) is -3.51. The van der Waals surface area contributed by atoms with Crippen LogP contribution in [0.3, 0.4) is 0 Å². The molecule has 110 valence electrons. The van der Waals surface area contributed by atoms with E-state index < -0.39 is 10.0 Å². The molecule has 0 atom stereocenters. The molecular formula is C14H13ClN2O2S2. The van der Waals surface area contributed by atoms with Gasteiger partial charge in [0.2, 0.25) is 10.0 Å². The first-order valence-electron chi connectivity index (χ1n) is 6.00. The topological polar surface area (TPSA) is 72.2 Å². The fourth-order valence-electron chi connectivity index (χ4n) is 1.75. The van der Waals surface area contributed by atoms with Crippen LogP contribution in [-0.4, -0.2) is 13.4 Å². The number of sulfonamides is 1. The summed E-state index contributed by atoms with van der Waals surface area (Å²) in [6.07, 6.45) is 0. The van der Waals surface area contributed by atoms with Gasteiger partial charge in [-0.05, 0) is 23.8 Å². The fourth-order valence-corrected chi connectivity index (χ4v) is 3.27. The van der Waals surface area contributed by atoms with Crippen molar-refractivity contribution < 1.29 is 8.42 Å². The molecule has 0 amide bonds. The Morgan fingerprint density at radius 1 is 1.19 bits per heavy atom. The zero-order valence-corrected chi connectivity index (χ0v) is 13.3. The molecule has 2 aromatic rings. The van der Waals surface area contributed by atoms with Crippen molar-refractivity contribution in [1.29, 1.82) is 0 Å². The van der Waals surface area contributed by atoms with Gasteiger partial charge in [-0.3, -0.25) is 4.72 Å². The number of hydrogen-bond acceptors (Lipinski definition) is 3. The minimum Gasteiger partial charge on any atom is -0.389 e. The van der Waals surface area contributed by atoms with Gasteiger partial charge in [0.1, 0.15) is 4.99 Å². The van der Waals surface area contributed by atoms with Gasteiger partial charge in [-0.15, -0.1) is 0 Å². The summed E-state index contributed by atoms with van der Waals surface area (Å²) in [4.78, 5) is 0.279. The Kier molecular flexibility index (Phi) is 4.82. The highest BCUT2D eigenvalue weighted by Crippen LogP contribution is 2.17. The highest BCUT2D eigenvalue weighted by atomic mass is 35.5. The smallest absolute Gasteiger partial charge is 0.236 e. The van der Waals surface area contributed by atoms with Crippen LogP contribution in [-0.2, 0) is 15.8 Å². The van der Waals surface area contributed by atoms with Gasteiger partial charge >= 0.3 is 0 Å². The van der Waals surface area contributed by atoms with Crippen molar-refractivity contribution in [2.45, 2.75) is 5.75 Å². The summed E-state index contributed by atoms with van der Waals surface area (Å²) < 4.78 is 26.7. The number of benzene rings is 2. The van der Waals surface area contributed by atoms with Crippen molar-refractivity contribution in [2.24, 2.45) is 5.73 Å². The molecule has 0 fully saturated rings. The average molecular weight is 341 g/mol. The number of nitrogens with two attached hydrogens (primary N) is 1. The fraction of sp³-hybridized carbons (Fsp3) is 0.0714. The number of nitrogens with one attached hydrogen (secondary N) is 1. The van der Waals surface area contributed by atoms with Gasteiger partial charge in [0.05, 0.1) is 5.75 Å². The van der Waals surface area contributed by atoms with Crippen molar-refractivity contribution in [1.82, 2.24) is 0 Å². The Balaban J connectivity index is 2.12. The minimum absolute atomic E-state index is 0.142. The van der Waals surface area contributed by atoms with Gasteiger partial charge < -0.3 is 5.73 Å². The molecule has 3 N–H and O–H groups in total. The second-order valence-corrected chi connectivity index (χ2v) is 7.03. The number of rotatable bonds is 5. The molecule has 0 aliphatic rings. The molecular weight excluding hydrogens is 328 g/mol. The van der Waals surface area contributed by atoms with E-state index in [2.05, 4.69) is 4.72 Å². The van der Waals surface area contributed by atoms with Gasteiger partial charge in [-0.2, -0.15) is 0 Å². The maximum atomic E-state index is 12.1. The van der Waals surface area contributed by atoms with Crippen molar-refractivity contribution >= 4 is 44.5 Å². The summed E-state index contributed by atoms with van der Waals surface area (Å²) in [5.74, 6) is -0.142. The molecule has 7 heteroatoms. The van der Waals surface area contributed by atoms with E-state index in [0.29, 0.717) is 21.8 Å². The van der Waals surface area contributed by atoms with Crippen molar-refractivity contribution in [3.05, 3.63) is 64.7 Å². The van der Waals surface area contributed by atoms with Gasteiger partial charge in [0.15, 0.2) is 0 Å². The summed E-state index contributed by atoms with van der Waals surface area (Å²) >= 11 is 10.7. The second kappa shape index (κ2) is 6.43. The molecule has 0 radical (unpaired) electrons. The first-order valence-corrected chi connectivity index (χ1v) is 8.44. The van der Waals surface area contributed by atoms with Gasteiger partial charge in [0, 0.05) is 16.3 Å². The zero-order valence-electron chi connectivity index (χ0n) is 10.9. The molecule has 21 heavy (non-hydrogen) atoms. The Morgan fingerprint density at radius 2 is 1.86 bits per heavy atom. The average Bonchev–Trinajstić information content (AvgIpc) is 2.38. The zero-order chi connectivity index (χ0) is 15.5. The maximum Gasteiger partial charge on any atom is 0.236 e. The first-order chi connectivity index (χ1) is 9.85. The van der Waals surface area contributed by atoms with E-state index in [1.807, 2.05) is 0 Å². The molecule has 0 aliphatic heterocycles. The van der Waals surface area contributed by atoms with E-state index >= 15 is 0 Å². The van der Waals surface area contributed by atoms with Crippen molar-refractivity contribution in [3.63, 3.8) is 0 Å². The monoisotopic (exact) mass is 340 g/mol. The summed E-state index contributed by atoms with van der Waals surface area (Å²) in [6.45, 7) is 0. The predicted octanol–water partition coefficient (Wildman–Crippen LogP) is 2.92. The molecule has 0 unspecified atom stereocenters. The molecule has 0 aliphatic carbocycles. The van der Waals surface area contributed by atoms with Crippen LogP contribution in [0, 0.1) is 0 Å². The molecule has 0 saturated carbocycles. The normalized spacial score (nSPS) is 11.1. The van der Waals surface area contributed by atoms with E-state index in [9.17, 15) is 8.42 Å². The SMILES string of the molecule is NC(=S)c1ccc(CS(=O)(=O)Nc2cccc(Cl)c2)cc1. The minimum atomic E-state index is -3.51. The van der Waals surface area contributed by atoms with Crippen LogP contribution < -0.4 is 10.5 Å². The highest BCUT2D eigenvalue weighted by molar-refractivity contribution is 7.91. The molecule has 0 saturated heterocycles.